The van der Waals surface area contributed by atoms with Gasteiger partial charge in [0.05, 0.1) is 0 Å². The lowest BCUT2D eigenvalue weighted by Gasteiger charge is -2.17. The maximum atomic E-state index is 12.6. The molecular formula is C23H30N2O2S. The minimum absolute atomic E-state index is 0.164. The molecule has 0 fully saturated rings. The van der Waals surface area contributed by atoms with Gasteiger partial charge in [0.25, 0.3) is 0 Å². The van der Waals surface area contributed by atoms with E-state index in [4.69, 9.17) is 0 Å². The van der Waals surface area contributed by atoms with E-state index in [0.717, 1.165) is 16.9 Å². The van der Waals surface area contributed by atoms with Crippen LogP contribution >= 0.6 is 11.8 Å². The van der Waals surface area contributed by atoms with Crippen molar-refractivity contribution in [3.05, 3.63) is 65.2 Å². The van der Waals surface area contributed by atoms with Crippen LogP contribution in [0.4, 0.5) is 0 Å². The molecular weight excluding hydrogens is 368 g/mol. The maximum absolute atomic E-state index is 12.6. The third-order valence-electron chi connectivity index (χ3n) is 4.44. The van der Waals surface area contributed by atoms with Gasteiger partial charge in [-0.15, -0.1) is 11.8 Å². The van der Waals surface area contributed by atoms with Crippen LogP contribution in [0.2, 0.25) is 0 Å². The molecule has 0 bridgehead atoms. The predicted octanol–water partition coefficient (Wildman–Crippen LogP) is 4.25. The lowest BCUT2D eigenvalue weighted by Crippen LogP contribution is -2.47. The van der Waals surface area contributed by atoms with Gasteiger partial charge < -0.3 is 10.6 Å². The van der Waals surface area contributed by atoms with Crippen LogP contribution in [0.25, 0.3) is 0 Å². The quantitative estimate of drug-likeness (QED) is 0.588. The van der Waals surface area contributed by atoms with Crippen LogP contribution in [0.15, 0.2) is 53.4 Å². The molecule has 2 rings (SSSR count). The molecule has 0 saturated carbocycles. The number of nitrogens with one attached hydrogen (secondary N) is 2. The van der Waals surface area contributed by atoms with Crippen LogP contribution in [-0.2, 0) is 22.6 Å². The van der Waals surface area contributed by atoms with E-state index in [9.17, 15) is 9.59 Å². The number of carbonyl (C=O) groups is 2. The number of aryl methyl sites for hydroxylation is 2. The fourth-order valence-electron chi connectivity index (χ4n) is 2.76. The van der Waals surface area contributed by atoms with Gasteiger partial charge in [-0.1, -0.05) is 55.3 Å². The van der Waals surface area contributed by atoms with Crippen LogP contribution in [0.1, 0.15) is 43.4 Å². The lowest BCUT2D eigenvalue weighted by atomic mass is 10.1. The van der Waals surface area contributed by atoms with E-state index in [1.165, 1.54) is 30.9 Å². The van der Waals surface area contributed by atoms with Gasteiger partial charge in [0.1, 0.15) is 6.04 Å². The molecule has 1 unspecified atom stereocenters. The van der Waals surface area contributed by atoms with E-state index in [-0.39, 0.29) is 11.8 Å². The van der Waals surface area contributed by atoms with Crippen molar-refractivity contribution in [3.63, 3.8) is 0 Å². The van der Waals surface area contributed by atoms with Crippen LogP contribution in [0.5, 0.6) is 0 Å². The van der Waals surface area contributed by atoms with Crippen molar-refractivity contribution in [2.24, 2.45) is 0 Å². The highest BCUT2D eigenvalue weighted by Crippen LogP contribution is 2.20. The summed E-state index contributed by atoms with van der Waals surface area (Å²) in [6.45, 7) is 6.11. The number of benzene rings is 2. The summed E-state index contributed by atoms with van der Waals surface area (Å²) in [5, 5.41) is 5.69. The second-order valence-electron chi connectivity index (χ2n) is 7.02. The van der Waals surface area contributed by atoms with Crippen molar-refractivity contribution in [1.29, 1.82) is 0 Å². The summed E-state index contributed by atoms with van der Waals surface area (Å²) in [6, 6.07) is 15.9. The van der Waals surface area contributed by atoms with Crippen LogP contribution in [-0.4, -0.2) is 23.6 Å². The highest BCUT2D eigenvalue weighted by atomic mass is 32.2. The first-order valence-electron chi connectivity index (χ1n) is 9.80. The second-order valence-corrected chi connectivity index (χ2v) is 8.11. The highest BCUT2D eigenvalue weighted by molar-refractivity contribution is 7.99. The Morgan fingerprint density at radius 3 is 2.25 bits per heavy atom. The molecule has 0 spiro atoms. The number of thioether (sulfide) groups is 1. The van der Waals surface area contributed by atoms with Crippen LogP contribution in [0, 0.1) is 6.92 Å². The summed E-state index contributed by atoms with van der Waals surface area (Å²) in [4.78, 5) is 25.2. The smallest absolute Gasteiger partial charge is 0.243 e. The minimum atomic E-state index is -0.562. The van der Waals surface area contributed by atoms with Crippen LogP contribution in [0.3, 0.4) is 0 Å². The number of hydrogen-bond donors (Lipinski definition) is 2. The van der Waals surface area contributed by atoms with E-state index < -0.39 is 6.04 Å². The molecule has 0 aliphatic rings. The van der Waals surface area contributed by atoms with Gasteiger partial charge in [-0.25, -0.2) is 0 Å². The standard InChI is InChI=1S/C23H30N2O2S/c1-4-5-6-19-11-13-21(14-12-19)28-16-22(25-18(3)26)23(27)24-15-20-9-7-17(2)8-10-20/h7-14,22H,4-6,15-16H2,1-3H3,(H,24,27)(H,25,26). The van der Waals surface area contributed by atoms with Gasteiger partial charge in [-0.05, 0) is 43.0 Å². The molecule has 28 heavy (non-hydrogen) atoms. The zero-order chi connectivity index (χ0) is 20.4. The molecule has 2 aromatic rings. The third-order valence-corrected chi connectivity index (χ3v) is 5.55. The highest BCUT2D eigenvalue weighted by Gasteiger charge is 2.19. The predicted molar refractivity (Wildman–Crippen MR) is 116 cm³/mol. The Balaban J connectivity index is 1.89. The zero-order valence-corrected chi connectivity index (χ0v) is 17.8. The molecule has 0 radical (unpaired) electrons. The Hall–Kier alpha value is -2.27. The van der Waals surface area contributed by atoms with Crippen molar-refractivity contribution in [3.8, 4) is 0 Å². The van der Waals surface area contributed by atoms with Crippen molar-refractivity contribution in [1.82, 2.24) is 10.6 Å². The lowest BCUT2D eigenvalue weighted by molar-refractivity contribution is -0.127. The monoisotopic (exact) mass is 398 g/mol. The van der Waals surface area contributed by atoms with E-state index in [1.54, 1.807) is 11.8 Å². The molecule has 0 aromatic heterocycles. The molecule has 0 heterocycles. The van der Waals surface area contributed by atoms with Gasteiger partial charge in [0.15, 0.2) is 0 Å². The van der Waals surface area contributed by atoms with Gasteiger partial charge in [-0.2, -0.15) is 0 Å². The van der Waals surface area contributed by atoms with Gasteiger partial charge >= 0.3 is 0 Å². The minimum Gasteiger partial charge on any atom is -0.350 e. The fourth-order valence-corrected chi connectivity index (χ4v) is 3.68. The Bertz CT molecular complexity index is 757. The summed E-state index contributed by atoms with van der Waals surface area (Å²) in [5.74, 6) is 0.127. The average Bonchev–Trinajstić information content (AvgIpc) is 2.69. The van der Waals surface area contributed by atoms with Crippen molar-refractivity contribution in [2.75, 3.05) is 5.75 Å². The van der Waals surface area contributed by atoms with E-state index >= 15 is 0 Å². The van der Waals surface area contributed by atoms with E-state index in [1.807, 2.05) is 31.2 Å². The van der Waals surface area contributed by atoms with E-state index in [2.05, 4.69) is 41.8 Å². The molecule has 2 aromatic carbocycles. The number of unbranched alkanes of at least 4 members (excludes halogenated alkanes) is 1. The Morgan fingerprint density at radius 2 is 1.64 bits per heavy atom. The molecule has 0 aliphatic heterocycles. The normalized spacial score (nSPS) is 11.7. The first-order chi connectivity index (χ1) is 13.5. The molecule has 150 valence electrons. The molecule has 1 atom stereocenters. The summed E-state index contributed by atoms with van der Waals surface area (Å²) < 4.78 is 0. The SMILES string of the molecule is CCCCc1ccc(SCC(NC(C)=O)C(=O)NCc2ccc(C)cc2)cc1. The largest absolute Gasteiger partial charge is 0.350 e. The fraction of sp³-hybridized carbons (Fsp3) is 0.391. The zero-order valence-electron chi connectivity index (χ0n) is 17.0. The summed E-state index contributed by atoms with van der Waals surface area (Å²) in [7, 11) is 0. The van der Waals surface area contributed by atoms with Crippen molar-refractivity contribution < 1.29 is 9.59 Å². The molecule has 0 aliphatic carbocycles. The van der Waals surface area contributed by atoms with Crippen molar-refractivity contribution >= 4 is 23.6 Å². The first kappa shape index (κ1) is 22.0. The molecule has 4 nitrogen and oxygen atoms in total. The summed E-state index contributed by atoms with van der Waals surface area (Å²) >= 11 is 1.58. The molecule has 5 heteroatoms. The average molecular weight is 399 g/mol. The first-order valence-corrected chi connectivity index (χ1v) is 10.8. The second kappa shape index (κ2) is 11.5. The van der Waals surface area contributed by atoms with Gasteiger partial charge in [0.2, 0.25) is 11.8 Å². The summed E-state index contributed by atoms with van der Waals surface area (Å²) in [6.07, 6.45) is 3.47. The topological polar surface area (TPSA) is 58.2 Å². The number of amides is 2. The number of carbonyl (C=O) groups excluding carboxylic acids is 2. The Morgan fingerprint density at radius 1 is 1.00 bits per heavy atom. The van der Waals surface area contributed by atoms with E-state index in [0.29, 0.717) is 12.3 Å². The van der Waals surface area contributed by atoms with Gasteiger partial charge in [-0.3, -0.25) is 9.59 Å². The summed E-state index contributed by atoms with van der Waals surface area (Å²) in [5.41, 5.74) is 3.56. The number of hydrogen-bond acceptors (Lipinski definition) is 3. The molecule has 0 saturated heterocycles. The Kier molecular flexibility index (Phi) is 9.08. The Labute approximate surface area is 172 Å². The maximum Gasteiger partial charge on any atom is 0.243 e. The van der Waals surface area contributed by atoms with Gasteiger partial charge in [0, 0.05) is 24.1 Å². The van der Waals surface area contributed by atoms with Crippen LogP contribution < -0.4 is 10.6 Å². The molecule has 2 amide bonds. The van der Waals surface area contributed by atoms with Crippen molar-refractivity contribution in [2.45, 2.75) is 57.5 Å². The third kappa shape index (κ3) is 7.77. The molecule has 2 N–H and O–H groups in total. The number of rotatable bonds is 10.